The van der Waals surface area contributed by atoms with Gasteiger partial charge in [0.2, 0.25) is 0 Å². The highest BCUT2D eigenvalue weighted by molar-refractivity contribution is 5.51. The van der Waals surface area contributed by atoms with Crippen LogP contribution in [0.15, 0.2) is 18.3 Å². The number of hydrogen-bond acceptors (Lipinski definition) is 4. The van der Waals surface area contributed by atoms with Gasteiger partial charge in [-0.15, -0.1) is 0 Å². The van der Waals surface area contributed by atoms with Crippen molar-refractivity contribution >= 4 is 11.5 Å². The Kier molecular flexibility index (Phi) is 5.22. The van der Waals surface area contributed by atoms with Gasteiger partial charge >= 0.3 is 0 Å². The zero-order valence-electron chi connectivity index (χ0n) is 11.2. The molecule has 0 radical (unpaired) electrons. The topological polar surface area (TPSA) is 63.0 Å². The Morgan fingerprint density at radius 1 is 1.24 bits per heavy atom. The van der Waals surface area contributed by atoms with Crippen molar-refractivity contribution in [2.45, 2.75) is 27.7 Å². The predicted octanol–water partition coefficient (Wildman–Crippen LogP) is 2.71. The Labute approximate surface area is 104 Å². The zero-order valence-corrected chi connectivity index (χ0v) is 11.2. The van der Waals surface area contributed by atoms with Crippen LogP contribution < -0.4 is 16.6 Å². The molecule has 0 amide bonds. The lowest BCUT2D eigenvalue weighted by Crippen LogP contribution is -2.24. The first-order valence-corrected chi connectivity index (χ1v) is 6.21. The van der Waals surface area contributed by atoms with Gasteiger partial charge in [0.25, 0.3) is 0 Å². The number of hydrazine groups is 1. The summed E-state index contributed by atoms with van der Waals surface area (Å²) in [4.78, 5) is 4.08. The van der Waals surface area contributed by atoms with Gasteiger partial charge in [0.15, 0.2) is 0 Å². The number of nitrogens with one attached hydrogen (secondary N) is 2. The maximum atomic E-state index is 5.33. The minimum Gasteiger partial charge on any atom is -0.385 e. The monoisotopic (exact) mass is 236 g/mol. The van der Waals surface area contributed by atoms with Gasteiger partial charge in [-0.25, -0.2) is 10.8 Å². The predicted molar refractivity (Wildman–Crippen MR) is 73.7 cm³/mol. The molecule has 0 spiro atoms. The van der Waals surface area contributed by atoms with Gasteiger partial charge in [-0.1, -0.05) is 27.7 Å². The largest absolute Gasteiger partial charge is 0.385 e. The summed E-state index contributed by atoms with van der Waals surface area (Å²) in [7, 11) is 0. The SMILES string of the molecule is CC(C)C(CNc1ccnc(NN)c1)C(C)C. The lowest BCUT2D eigenvalue weighted by molar-refractivity contribution is 0.304. The quantitative estimate of drug-likeness (QED) is 0.525. The van der Waals surface area contributed by atoms with Gasteiger partial charge in [-0.3, -0.25) is 0 Å². The summed E-state index contributed by atoms with van der Waals surface area (Å²) in [5, 5.41) is 3.45. The molecule has 0 atom stereocenters. The minimum absolute atomic E-state index is 0.664. The summed E-state index contributed by atoms with van der Waals surface area (Å²) < 4.78 is 0. The maximum Gasteiger partial charge on any atom is 0.141 e. The van der Waals surface area contributed by atoms with E-state index < -0.39 is 0 Å². The van der Waals surface area contributed by atoms with Crippen molar-refractivity contribution in [3.8, 4) is 0 Å². The van der Waals surface area contributed by atoms with Crippen LogP contribution in [0.25, 0.3) is 0 Å². The fraction of sp³-hybridized carbons (Fsp3) is 0.615. The van der Waals surface area contributed by atoms with Crippen molar-refractivity contribution in [1.82, 2.24) is 4.98 Å². The minimum atomic E-state index is 0.664. The standard InChI is InChI=1S/C13H24N4/c1-9(2)12(10(3)4)8-16-11-5-6-15-13(7-11)17-14/h5-7,9-10,12H,8,14H2,1-4H3,(H2,15,16,17). The van der Waals surface area contributed by atoms with Crippen LogP contribution in [-0.4, -0.2) is 11.5 Å². The Morgan fingerprint density at radius 3 is 2.41 bits per heavy atom. The number of nitrogens with zero attached hydrogens (tertiary/aromatic N) is 1. The number of aromatic nitrogens is 1. The fourth-order valence-electron chi connectivity index (χ4n) is 2.10. The van der Waals surface area contributed by atoms with Crippen molar-refractivity contribution in [2.24, 2.45) is 23.6 Å². The highest BCUT2D eigenvalue weighted by Crippen LogP contribution is 2.21. The van der Waals surface area contributed by atoms with E-state index in [0.29, 0.717) is 23.6 Å². The third-order valence-electron chi connectivity index (χ3n) is 3.16. The number of nitrogens with two attached hydrogens (primary N) is 1. The summed E-state index contributed by atoms with van der Waals surface area (Å²) in [5.41, 5.74) is 3.60. The van der Waals surface area contributed by atoms with Crippen LogP contribution >= 0.6 is 0 Å². The molecule has 0 aliphatic heterocycles. The van der Waals surface area contributed by atoms with E-state index in [1.54, 1.807) is 6.20 Å². The van der Waals surface area contributed by atoms with E-state index in [0.717, 1.165) is 12.2 Å². The van der Waals surface area contributed by atoms with Crippen LogP contribution in [0.2, 0.25) is 0 Å². The molecular formula is C13H24N4. The fourth-order valence-corrected chi connectivity index (χ4v) is 2.10. The molecule has 96 valence electrons. The van der Waals surface area contributed by atoms with Gasteiger partial charge < -0.3 is 10.7 Å². The molecule has 4 heteroatoms. The van der Waals surface area contributed by atoms with E-state index in [9.17, 15) is 0 Å². The van der Waals surface area contributed by atoms with E-state index in [1.165, 1.54) is 0 Å². The Bertz CT molecular complexity index is 328. The molecule has 1 aromatic heterocycles. The lowest BCUT2D eigenvalue weighted by atomic mass is 9.85. The molecule has 4 nitrogen and oxygen atoms in total. The second-order valence-corrected chi connectivity index (χ2v) is 5.11. The van der Waals surface area contributed by atoms with Crippen LogP contribution in [0.1, 0.15) is 27.7 Å². The highest BCUT2D eigenvalue weighted by Gasteiger charge is 2.16. The van der Waals surface area contributed by atoms with Crippen molar-refractivity contribution in [3.63, 3.8) is 0 Å². The first-order valence-electron chi connectivity index (χ1n) is 6.21. The molecule has 0 fully saturated rings. The molecule has 0 aliphatic rings. The number of nitrogen functional groups attached to an aromatic ring is 1. The molecule has 0 saturated carbocycles. The molecule has 17 heavy (non-hydrogen) atoms. The molecular weight excluding hydrogens is 212 g/mol. The summed E-state index contributed by atoms with van der Waals surface area (Å²) in [6.07, 6.45) is 1.75. The smallest absolute Gasteiger partial charge is 0.141 e. The van der Waals surface area contributed by atoms with Crippen molar-refractivity contribution in [2.75, 3.05) is 17.3 Å². The third kappa shape index (κ3) is 4.23. The second-order valence-electron chi connectivity index (χ2n) is 5.11. The van der Waals surface area contributed by atoms with Gasteiger partial charge in [0.1, 0.15) is 5.82 Å². The molecule has 0 aliphatic carbocycles. The summed E-state index contributed by atoms with van der Waals surface area (Å²) in [6, 6.07) is 3.87. The highest BCUT2D eigenvalue weighted by atomic mass is 15.2. The number of hydrogen-bond donors (Lipinski definition) is 3. The number of rotatable bonds is 6. The molecule has 0 unspecified atom stereocenters. The van der Waals surface area contributed by atoms with Crippen LogP contribution in [-0.2, 0) is 0 Å². The Morgan fingerprint density at radius 2 is 1.88 bits per heavy atom. The van der Waals surface area contributed by atoms with E-state index in [2.05, 4.69) is 43.4 Å². The second kappa shape index (κ2) is 6.45. The zero-order chi connectivity index (χ0) is 12.8. The van der Waals surface area contributed by atoms with Crippen LogP contribution in [0.4, 0.5) is 11.5 Å². The van der Waals surface area contributed by atoms with Gasteiger partial charge in [0.05, 0.1) is 0 Å². The Hall–Kier alpha value is -1.29. The maximum absolute atomic E-state index is 5.33. The molecule has 0 aromatic carbocycles. The van der Waals surface area contributed by atoms with E-state index in [4.69, 9.17) is 5.84 Å². The Balaban J connectivity index is 2.59. The van der Waals surface area contributed by atoms with Crippen molar-refractivity contribution in [3.05, 3.63) is 18.3 Å². The van der Waals surface area contributed by atoms with Crippen molar-refractivity contribution < 1.29 is 0 Å². The third-order valence-corrected chi connectivity index (χ3v) is 3.16. The molecule has 4 N–H and O–H groups in total. The molecule has 1 rings (SSSR count). The molecule has 0 saturated heterocycles. The lowest BCUT2D eigenvalue weighted by Gasteiger charge is -2.25. The summed E-state index contributed by atoms with van der Waals surface area (Å²) >= 11 is 0. The van der Waals surface area contributed by atoms with E-state index in [1.807, 2.05) is 12.1 Å². The molecule has 1 heterocycles. The van der Waals surface area contributed by atoms with Crippen LogP contribution in [0.5, 0.6) is 0 Å². The number of pyridine rings is 1. The van der Waals surface area contributed by atoms with Crippen LogP contribution in [0.3, 0.4) is 0 Å². The normalized spacial score (nSPS) is 11.3. The van der Waals surface area contributed by atoms with E-state index >= 15 is 0 Å². The average Bonchev–Trinajstić information content (AvgIpc) is 2.28. The summed E-state index contributed by atoms with van der Waals surface area (Å²) in [6.45, 7) is 10.1. The van der Waals surface area contributed by atoms with Crippen molar-refractivity contribution in [1.29, 1.82) is 0 Å². The summed E-state index contributed by atoms with van der Waals surface area (Å²) in [5.74, 6) is 8.03. The average molecular weight is 236 g/mol. The molecule has 1 aromatic rings. The van der Waals surface area contributed by atoms with Crippen LogP contribution in [0, 0.1) is 17.8 Å². The van der Waals surface area contributed by atoms with E-state index in [-0.39, 0.29) is 0 Å². The van der Waals surface area contributed by atoms with Gasteiger partial charge in [0, 0.05) is 24.5 Å². The first-order chi connectivity index (χ1) is 8.04. The molecule has 0 bridgehead atoms. The first kappa shape index (κ1) is 13.8. The van der Waals surface area contributed by atoms with Gasteiger partial charge in [-0.2, -0.15) is 0 Å². The van der Waals surface area contributed by atoms with Gasteiger partial charge in [-0.05, 0) is 23.8 Å². The number of anilines is 2.